The first kappa shape index (κ1) is 35.0. The van der Waals surface area contributed by atoms with Crippen LogP contribution >= 0.6 is 0 Å². The highest BCUT2D eigenvalue weighted by molar-refractivity contribution is 5.97. The van der Waals surface area contributed by atoms with Crippen LogP contribution in [0.25, 0.3) is 89.8 Å². The first-order valence-electron chi connectivity index (χ1n) is 20.8. The van der Waals surface area contributed by atoms with Gasteiger partial charge in [0.25, 0.3) is 0 Å². The molecule has 3 nitrogen and oxygen atoms in total. The van der Waals surface area contributed by atoms with E-state index < -0.39 is 5.41 Å². The van der Waals surface area contributed by atoms with Gasteiger partial charge in [-0.05, 0) is 102 Å². The Morgan fingerprint density at radius 3 is 1.30 bits per heavy atom. The Kier molecular flexibility index (Phi) is 8.07. The Bertz CT molecular complexity index is 3260. The molecule has 0 saturated carbocycles. The van der Waals surface area contributed by atoms with Gasteiger partial charge in [0.15, 0.2) is 17.5 Å². The van der Waals surface area contributed by atoms with Crippen LogP contribution in [0.1, 0.15) is 22.3 Å². The van der Waals surface area contributed by atoms with Crippen molar-refractivity contribution in [2.24, 2.45) is 0 Å². The van der Waals surface area contributed by atoms with E-state index in [9.17, 15) is 0 Å². The topological polar surface area (TPSA) is 38.7 Å². The van der Waals surface area contributed by atoms with Gasteiger partial charge in [-0.15, -0.1) is 0 Å². The maximum absolute atomic E-state index is 5.42. The summed E-state index contributed by atoms with van der Waals surface area (Å²) in [7, 11) is 0. The molecule has 0 N–H and O–H groups in total. The second kappa shape index (κ2) is 14.1. The molecule has 0 radical (unpaired) electrons. The number of aromatic nitrogens is 3. The summed E-state index contributed by atoms with van der Waals surface area (Å²) < 4.78 is 0. The summed E-state index contributed by atoms with van der Waals surface area (Å²) in [6.07, 6.45) is 0. The van der Waals surface area contributed by atoms with E-state index in [1.807, 2.05) is 0 Å². The third-order valence-electron chi connectivity index (χ3n) is 12.5. The van der Waals surface area contributed by atoms with Crippen LogP contribution < -0.4 is 0 Å². The van der Waals surface area contributed by atoms with Gasteiger partial charge in [0.2, 0.25) is 0 Å². The van der Waals surface area contributed by atoms with Crippen molar-refractivity contribution < 1.29 is 0 Å². The molecule has 0 saturated heterocycles. The zero-order valence-corrected chi connectivity index (χ0v) is 33.2. The molecule has 9 aromatic carbocycles. The van der Waals surface area contributed by atoms with Crippen LogP contribution in [0.3, 0.4) is 0 Å². The zero-order chi connectivity index (χ0) is 40.3. The van der Waals surface area contributed by atoms with E-state index in [0.29, 0.717) is 17.5 Å². The summed E-state index contributed by atoms with van der Waals surface area (Å²) in [5.41, 5.74) is 18.7. The van der Waals surface area contributed by atoms with Crippen molar-refractivity contribution in [2.45, 2.75) is 5.41 Å². The van der Waals surface area contributed by atoms with Gasteiger partial charge in [0.1, 0.15) is 0 Å². The van der Waals surface area contributed by atoms with Gasteiger partial charge in [-0.2, -0.15) is 0 Å². The Balaban J connectivity index is 1.14. The third-order valence-corrected chi connectivity index (χ3v) is 12.5. The lowest BCUT2D eigenvalue weighted by Crippen LogP contribution is -2.28. The molecule has 2 aliphatic rings. The number of rotatable bonds is 5. The molecule has 1 aromatic heterocycles. The predicted octanol–water partition coefficient (Wildman–Crippen LogP) is 14.2. The van der Waals surface area contributed by atoms with Crippen molar-refractivity contribution in [3.8, 4) is 89.8 Å². The molecule has 0 unspecified atom stereocenters. The Morgan fingerprint density at radius 2 is 0.672 bits per heavy atom. The number of benzene rings is 9. The fourth-order valence-electron chi connectivity index (χ4n) is 9.81. The molecule has 0 amide bonds. The standard InChI is InChI=1S/C58H37N3/c1-4-16-38(17-5-1)39-18-12-19-40(34-39)41-20-13-22-44(35-41)55-59-56-45-23-14-21-42(36-45)48-28-10-11-29-49(48)43-32-33-52-51(37-43)54-50(57(60-55)61-56)30-15-31-53(54)58(52,46-24-6-2-7-25-46)47-26-8-3-9-27-47/h1-37H. The molecule has 1 aliphatic carbocycles. The quantitative estimate of drug-likeness (QED) is 0.175. The van der Waals surface area contributed by atoms with Crippen LogP contribution in [-0.2, 0) is 5.41 Å². The summed E-state index contributed by atoms with van der Waals surface area (Å²) in [5.74, 6) is 1.91. The summed E-state index contributed by atoms with van der Waals surface area (Å²) >= 11 is 0. The second-order valence-electron chi connectivity index (χ2n) is 15.9. The van der Waals surface area contributed by atoms with Crippen molar-refractivity contribution in [1.82, 2.24) is 15.0 Å². The van der Waals surface area contributed by atoms with Gasteiger partial charge >= 0.3 is 0 Å². The minimum absolute atomic E-state index is 0.579. The molecule has 2 heterocycles. The van der Waals surface area contributed by atoms with Crippen molar-refractivity contribution in [3.63, 3.8) is 0 Å². The van der Waals surface area contributed by atoms with E-state index in [1.165, 1.54) is 44.5 Å². The number of hydrogen-bond acceptors (Lipinski definition) is 3. The molecule has 1 aliphatic heterocycles. The first-order valence-corrected chi connectivity index (χ1v) is 20.8. The van der Waals surface area contributed by atoms with Gasteiger partial charge in [0, 0.05) is 16.7 Å². The lowest BCUT2D eigenvalue weighted by atomic mass is 9.67. The fraction of sp³-hybridized carbons (Fsp3) is 0.0172. The van der Waals surface area contributed by atoms with E-state index in [-0.39, 0.29) is 0 Å². The molecule has 10 aromatic rings. The van der Waals surface area contributed by atoms with Gasteiger partial charge in [-0.1, -0.05) is 200 Å². The molecular formula is C58H37N3. The van der Waals surface area contributed by atoms with Crippen LogP contribution in [0.5, 0.6) is 0 Å². The fourth-order valence-corrected chi connectivity index (χ4v) is 9.81. The molecule has 0 spiro atoms. The minimum atomic E-state index is -0.579. The number of nitrogens with zero attached hydrogens (tertiary/aromatic N) is 3. The van der Waals surface area contributed by atoms with Crippen LogP contribution in [0, 0.1) is 0 Å². The number of fused-ring (bicyclic) bond motifs is 10. The highest BCUT2D eigenvalue weighted by Crippen LogP contribution is 2.59. The van der Waals surface area contributed by atoms with E-state index in [2.05, 4.69) is 224 Å². The highest BCUT2D eigenvalue weighted by Gasteiger charge is 2.47. The van der Waals surface area contributed by atoms with Gasteiger partial charge in [0.05, 0.1) is 5.41 Å². The monoisotopic (exact) mass is 775 g/mol. The molecule has 284 valence electrons. The average molecular weight is 776 g/mol. The zero-order valence-electron chi connectivity index (χ0n) is 33.2. The normalized spacial score (nSPS) is 12.7. The Hall–Kier alpha value is -8.01. The summed E-state index contributed by atoms with van der Waals surface area (Å²) in [6.45, 7) is 0. The molecular weight excluding hydrogens is 739 g/mol. The van der Waals surface area contributed by atoms with Crippen LogP contribution in [0.15, 0.2) is 224 Å². The summed E-state index contributed by atoms with van der Waals surface area (Å²) in [6, 6.07) is 80.9. The summed E-state index contributed by atoms with van der Waals surface area (Å²) in [4.78, 5) is 16.1. The average Bonchev–Trinajstić information content (AvgIpc) is 3.65. The van der Waals surface area contributed by atoms with E-state index >= 15 is 0 Å². The second-order valence-corrected chi connectivity index (χ2v) is 15.9. The first-order chi connectivity index (χ1) is 30.2. The minimum Gasteiger partial charge on any atom is -0.208 e. The van der Waals surface area contributed by atoms with Gasteiger partial charge in [-0.3, -0.25) is 0 Å². The van der Waals surface area contributed by atoms with Crippen molar-refractivity contribution in [3.05, 3.63) is 247 Å². The molecule has 0 atom stereocenters. The third kappa shape index (κ3) is 5.62. The highest BCUT2D eigenvalue weighted by atomic mass is 15.0. The largest absolute Gasteiger partial charge is 0.208 e. The number of hydrogen-bond donors (Lipinski definition) is 0. The van der Waals surface area contributed by atoms with E-state index in [4.69, 9.17) is 15.0 Å². The van der Waals surface area contributed by atoms with E-state index in [1.54, 1.807) is 0 Å². The smallest absolute Gasteiger partial charge is 0.164 e. The molecule has 3 heteroatoms. The maximum Gasteiger partial charge on any atom is 0.164 e. The van der Waals surface area contributed by atoms with Crippen LogP contribution in [0.2, 0.25) is 0 Å². The van der Waals surface area contributed by atoms with Crippen LogP contribution in [0.4, 0.5) is 0 Å². The summed E-state index contributed by atoms with van der Waals surface area (Å²) in [5, 5.41) is 0. The van der Waals surface area contributed by atoms with Crippen molar-refractivity contribution >= 4 is 0 Å². The molecule has 0 fully saturated rings. The van der Waals surface area contributed by atoms with Gasteiger partial charge in [-0.25, -0.2) is 15.0 Å². The molecule has 61 heavy (non-hydrogen) atoms. The van der Waals surface area contributed by atoms with Crippen molar-refractivity contribution in [2.75, 3.05) is 0 Å². The Morgan fingerprint density at radius 1 is 0.246 bits per heavy atom. The Labute approximate surface area is 355 Å². The maximum atomic E-state index is 5.42. The van der Waals surface area contributed by atoms with Crippen molar-refractivity contribution in [1.29, 1.82) is 0 Å². The predicted molar refractivity (Wildman–Crippen MR) is 249 cm³/mol. The van der Waals surface area contributed by atoms with E-state index in [0.717, 1.165) is 50.1 Å². The lowest BCUT2D eigenvalue weighted by Gasteiger charge is -2.34. The van der Waals surface area contributed by atoms with Gasteiger partial charge < -0.3 is 0 Å². The SMILES string of the molecule is c1ccc(-c2cccc(-c3cccc(-c4nc5nc(n4)-c4cccc6c4-c4cc(ccc4C6(c4ccccc4)c4ccccc4)-c4ccccc4-c4cccc-5c4)c3)c2)cc1. The molecule has 6 bridgehead atoms. The molecule has 12 rings (SSSR count). The lowest BCUT2D eigenvalue weighted by molar-refractivity contribution is 0.768. The van der Waals surface area contributed by atoms with Crippen LogP contribution in [-0.4, -0.2) is 15.0 Å².